The lowest BCUT2D eigenvalue weighted by Crippen LogP contribution is -2.46. The first-order chi connectivity index (χ1) is 7.65. The van der Waals surface area contributed by atoms with E-state index in [9.17, 15) is 4.79 Å². The van der Waals surface area contributed by atoms with Crippen LogP contribution in [0.25, 0.3) is 0 Å². The summed E-state index contributed by atoms with van der Waals surface area (Å²) in [6.45, 7) is 0.510. The Kier molecular flexibility index (Phi) is 5.77. The number of nitrogens with two attached hydrogens (primary N) is 2. The molecule has 0 spiro atoms. The Hall–Kier alpha value is -0.610. The van der Waals surface area contributed by atoms with Crippen LogP contribution in [0.15, 0.2) is 0 Å². The second kappa shape index (κ2) is 6.86. The molecule has 0 aromatic carbocycles. The molecule has 94 valence electrons. The fourth-order valence-electron chi connectivity index (χ4n) is 2.59. The lowest BCUT2D eigenvalue weighted by molar-refractivity contribution is -0.119. The molecule has 0 aliphatic heterocycles. The monoisotopic (exact) mass is 227 g/mol. The van der Waals surface area contributed by atoms with E-state index >= 15 is 0 Å². The molecule has 4 N–H and O–H groups in total. The molecule has 1 unspecified atom stereocenters. The van der Waals surface area contributed by atoms with Crippen molar-refractivity contribution in [2.75, 3.05) is 13.6 Å². The minimum atomic E-state index is -0.254. The number of nitrogens with zero attached hydrogens (tertiary/aromatic N) is 1. The van der Waals surface area contributed by atoms with Gasteiger partial charge in [0.2, 0.25) is 5.91 Å². The summed E-state index contributed by atoms with van der Waals surface area (Å²) in [5, 5.41) is 0. The summed E-state index contributed by atoms with van der Waals surface area (Å²) in [6.07, 6.45) is 8.10. The molecule has 0 saturated heterocycles. The SMILES string of the molecule is CN(C1CCCCCC1)C(CN)CC(N)=O. The molecule has 0 aromatic heterocycles. The molecule has 1 aliphatic rings. The third-order valence-electron chi connectivity index (χ3n) is 3.69. The van der Waals surface area contributed by atoms with E-state index in [0.29, 0.717) is 19.0 Å². The van der Waals surface area contributed by atoms with Crippen LogP contribution >= 0.6 is 0 Å². The molecule has 1 fully saturated rings. The molecule has 0 bridgehead atoms. The van der Waals surface area contributed by atoms with Crippen LogP contribution in [0.3, 0.4) is 0 Å². The van der Waals surface area contributed by atoms with E-state index in [-0.39, 0.29) is 11.9 Å². The summed E-state index contributed by atoms with van der Waals surface area (Å²) in [4.78, 5) is 13.2. The third-order valence-corrected chi connectivity index (χ3v) is 3.69. The molecule has 0 radical (unpaired) electrons. The molecule has 1 atom stereocenters. The fraction of sp³-hybridized carbons (Fsp3) is 0.917. The molecule has 4 nitrogen and oxygen atoms in total. The van der Waals surface area contributed by atoms with Crippen LogP contribution in [-0.2, 0) is 4.79 Å². The Morgan fingerprint density at radius 1 is 1.31 bits per heavy atom. The second-order valence-electron chi connectivity index (χ2n) is 4.87. The van der Waals surface area contributed by atoms with Crippen LogP contribution in [0, 0.1) is 0 Å². The van der Waals surface area contributed by atoms with Gasteiger partial charge in [0.1, 0.15) is 0 Å². The minimum absolute atomic E-state index is 0.112. The molecule has 1 amide bonds. The maximum Gasteiger partial charge on any atom is 0.219 e. The average molecular weight is 227 g/mol. The van der Waals surface area contributed by atoms with E-state index in [1.807, 2.05) is 0 Å². The molecule has 16 heavy (non-hydrogen) atoms. The van der Waals surface area contributed by atoms with Gasteiger partial charge < -0.3 is 11.5 Å². The van der Waals surface area contributed by atoms with Crippen molar-refractivity contribution in [2.24, 2.45) is 11.5 Å². The molecular formula is C12H25N3O. The Morgan fingerprint density at radius 3 is 2.31 bits per heavy atom. The van der Waals surface area contributed by atoms with Crippen molar-refractivity contribution in [3.05, 3.63) is 0 Å². The Morgan fingerprint density at radius 2 is 1.88 bits per heavy atom. The third kappa shape index (κ3) is 4.10. The lowest BCUT2D eigenvalue weighted by atomic mass is 10.0. The highest BCUT2D eigenvalue weighted by molar-refractivity contribution is 5.74. The van der Waals surface area contributed by atoms with Gasteiger partial charge >= 0.3 is 0 Å². The van der Waals surface area contributed by atoms with Crippen LogP contribution < -0.4 is 11.5 Å². The normalized spacial score (nSPS) is 20.7. The van der Waals surface area contributed by atoms with E-state index < -0.39 is 0 Å². The number of rotatable bonds is 5. The van der Waals surface area contributed by atoms with Crippen LogP contribution in [0.4, 0.5) is 0 Å². The smallest absolute Gasteiger partial charge is 0.219 e. The van der Waals surface area contributed by atoms with Crippen molar-refractivity contribution in [1.29, 1.82) is 0 Å². The van der Waals surface area contributed by atoms with E-state index in [0.717, 1.165) is 0 Å². The summed E-state index contributed by atoms with van der Waals surface area (Å²) >= 11 is 0. The molecule has 4 heteroatoms. The van der Waals surface area contributed by atoms with E-state index in [1.165, 1.54) is 38.5 Å². The highest BCUT2D eigenvalue weighted by atomic mass is 16.1. The lowest BCUT2D eigenvalue weighted by Gasteiger charge is -2.33. The van der Waals surface area contributed by atoms with Gasteiger partial charge in [-0.3, -0.25) is 9.69 Å². The van der Waals surface area contributed by atoms with Crippen molar-refractivity contribution in [1.82, 2.24) is 4.90 Å². The summed E-state index contributed by atoms with van der Waals surface area (Å²) in [7, 11) is 2.08. The zero-order chi connectivity index (χ0) is 12.0. The second-order valence-corrected chi connectivity index (χ2v) is 4.87. The van der Waals surface area contributed by atoms with Crippen molar-refractivity contribution in [2.45, 2.75) is 57.0 Å². The predicted octanol–water partition coefficient (Wildman–Crippen LogP) is 0.844. The van der Waals surface area contributed by atoms with Gasteiger partial charge in [-0.1, -0.05) is 25.7 Å². The Bertz CT molecular complexity index is 212. The summed E-state index contributed by atoms with van der Waals surface area (Å²) < 4.78 is 0. The van der Waals surface area contributed by atoms with E-state index in [4.69, 9.17) is 11.5 Å². The summed E-state index contributed by atoms with van der Waals surface area (Å²) in [5.74, 6) is -0.254. The van der Waals surface area contributed by atoms with Crippen LogP contribution in [0.5, 0.6) is 0 Å². The quantitative estimate of drug-likeness (QED) is 0.684. The predicted molar refractivity (Wildman–Crippen MR) is 65.9 cm³/mol. The molecule has 0 aromatic rings. The van der Waals surface area contributed by atoms with Crippen LogP contribution in [0.1, 0.15) is 44.9 Å². The van der Waals surface area contributed by atoms with Gasteiger partial charge in [0.05, 0.1) is 0 Å². The standard InChI is InChI=1S/C12H25N3O/c1-15(11(9-13)8-12(14)16)10-6-4-2-3-5-7-10/h10-11H,2-9,13H2,1H3,(H2,14,16). The fourth-order valence-corrected chi connectivity index (χ4v) is 2.59. The van der Waals surface area contributed by atoms with Crippen molar-refractivity contribution >= 4 is 5.91 Å². The molecule has 0 heterocycles. The number of carbonyl (C=O) groups is 1. The van der Waals surface area contributed by atoms with Gasteiger partial charge in [0.25, 0.3) is 0 Å². The first-order valence-corrected chi connectivity index (χ1v) is 6.35. The maximum absolute atomic E-state index is 11.0. The van der Waals surface area contributed by atoms with Gasteiger partial charge in [0.15, 0.2) is 0 Å². The van der Waals surface area contributed by atoms with E-state index in [1.54, 1.807) is 0 Å². The van der Waals surface area contributed by atoms with Crippen molar-refractivity contribution in [3.63, 3.8) is 0 Å². The van der Waals surface area contributed by atoms with Gasteiger partial charge in [0, 0.05) is 25.0 Å². The topological polar surface area (TPSA) is 72.3 Å². The van der Waals surface area contributed by atoms with Gasteiger partial charge in [-0.25, -0.2) is 0 Å². The van der Waals surface area contributed by atoms with Crippen molar-refractivity contribution < 1.29 is 4.79 Å². The maximum atomic E-state index is 11.0. The zero-order valence-electron chi connectivity index (χ0n) is 10.3. The largest absolute Gasteiger partial charge is 0.370 e. The van der Waals surface area contributed by atoms with Gasteiger partial charge in [-0.2, -0.15) is 0 Å². The van der Waals surface area contributed by atoms with Crippen molar-refractivity contribution in [3.8, 4) is 0 Å². The Labute approximate surface area is 98.3 Å². The number of hydrogen-bond acceptors (Lipinski definition) is 3. The number of likely N-dealkylation sites (N-methyl/N-ethyl adjacent to an activating group) is 1. The molecule has 1 aliphatic carbocycles. The number of primary amides is 1. The molecular weight excluding hydrogens is 202 g/mol. The summed E-state index contributed by atoms with van der Waals surface area (Å²) in [5.41, 5.74) is 11.0. The number of hydrogen-bond donors (Lipinski definition) is 2. The van der Waals surface area contributed by atoms with Gasteiger partial charge in [-0.15, -0.1) is 0 Å². The first kappa shape index (κ1) is 13.5. The van der Waals surface area contributed by atoms with Gasteiger partial charge in [-0.05, 0) is 19.9 Å². The molecule has 1 rings (SSSR count). The number of carbonyl (C=O) groups excluding carboxylic acids is 1. The zero-order valence-corrected chi connectivity index (χ0v) is 10.3. The first-order valence-electron chi connectivity index (χ1n) is 6.35. The van der Waals surface area contributed by atoms with Crippen LogP contribution in [-0.4, -0.2) is 36.5 Å². The molecule has 1 saturated carbocycles. The summed E-state index contributed by atoms with van der Waals surface area (Å²) in [6, 6.07) is 0.691. The number of amides is 1. The van der Waals surface area contributed by atoms with Crippen LogP contribution in [0.2, 0.25) is 0 Å². The minimum Gasteiger partial charge on any atom is -0.370 e. The average Bonchev–Trinajstić information content (AvgIpc) is 2.53. The van der Waals surface area contributed by atoms with E-state index in [2.05, 4.69) is 11.9 Å². The Balaban J connectivity index is 2.50. The highest BCUT2D eigenvalue weighted by Gasteiger charge is 2.23. The highest BCUT2D eigenvalue weighted by Crippen LogP contribution is 2.22.